The molecule has 0 amide bonds. The maximum absolute atomic E-state index is 2.40. The lowest BCUT2D eigenvalue weighted by Gasteiger charge is -2.19. The third kappa shape index (κ3) is 3.06. The zero-order valence-electron chi connectivity index (χ0n) is 7.97. The van der Waals surface area contributed by atoms with E-state index in [0.29, 0.717) is 0 Å². The Bertz CT molecular complexity index is 109. The normalized spacial score (nSPS) is 33.8. The molecule has 1 heteroatoms. The first-order valence-corrected chi connectivity index (χ1v) is 5.93. The van der Waals surface area contributed by atoms with Crippen LogP contribution in [0.5, 0.6) is 0 Å². The molecule has 1 saturated heterocycles. The Labute approximate surface area is 75.1 Å². The summed E-state index contributed by atoms with van der Waals surface area (Å²) in [5, 5.41) is 0. The van der Waals surface area contributed by atoms with Gasteiger partial charge in [-0.2, -0.15) is 11.8 Å². The molecule has 0 spiro atoms. The van der Waals surface area contributed by atoms with Crippen molar-refractivity contribution >= 4 is 11.8 Å². The molecular weight excluding hydrogens is 152 g/mol. The molecule has 1 rings (SSSR count). The number of hydrogen-bond acceptors (Lipinski definition) is 1. The lowest BCUT2D eigenvalue weighted by atomic mass is 9.86. The summed E-state index contributed by atoms with van der Waals surface area (Å²) in [6.45, 7) is 7.13. The van der Waals surface area contributed by atoms with Crippen molar-refractivity contribution in [3.05, 3.63) is 0 Å². The maximum atomic E-state index is 2.40. The molecule has 0 nitrogen and oxygen atoms in total. The Hall–Kier alpha value is 0.350. The predicted molar refractivity (Wildman–Crippen MR) is 54.1 cm³/mol. The van der Waals surface area contributed by atoms with E-state index in [9.17, 15) is 0 Å². The molecule has 1 heterocycles. The van der Waals surface area contributed by atoms with Crippen LogP contribution in [0, 0.1) is 17.8 Å². The van der Waals surface area contributed by atoms with E-state index < -0.39 is 0 Å². The average molecular weight is 172 g/mol. The average Bonchev–Trinajstić information content (AvgIpc) is 2.13. The third-order valence-electron chi connectivity index (χ3n) is 2.68. The largest absolute Gasteiger partial charge is 0.162 e. The van der Waals surface area contributed by atoms with E-state index in [0.717, 1.165) is 17.8 Å². The van der Waals surface area contributed by atoms with Gasteiger partial charge in [-0.3, -0.25) is 0 Å². The highest BCUT2D eigenvalue weighted by Crippen LogP contribution is 2.30. The fourth-order valence-electron chi connectivity index (χ4n) is 1.83. The molecule has 66 valence electrons. The first-order chi connectivity index (χ1) is 5.20. The summed E-state index contributed by atoms with van der Waals surface area (Å²) in [5.41, 5.74) is 0. The fourth-order valence-corrected chi connectivity index (χ4v) is 3.00. The Morgan fingerprint density at radius 1 is 1.36 bits per heavy atom. The monoisotopic (exact) mass is 172 g/mol. The molecule has 1 aliphatic rings. The van der Waals surface area contributed by atoms with Gasteiger partial charge in [-0.1, -0.05) is 20.8 Å². The summed E-state index contributed by atoms with van der Waals surface area (Å²) in [5.74, 6) is 5.64. The van der Waals surface area contributed by atoms with Crippen LogP contribution in [0.3, 0.4) is 0 Å². The summed E-state index contributed by atoms with van der Waals surface area (Å²) in [4.78, 5) is 0. The van der Waals surface area contributed by atoms with Crippen molar-refractivity contribution in [1.29, 1.82) is 0 Å². The van der Waals surface area contributed by atoms with Gasteiger partial charge in [0.1, 0.15) is 0 Å². The molecule has 0 aromatic rings. The van der Waals surface area contributed by atoms with E-state index in [-0.39, 0.29) is 0 Å². The van der Waals surface area contributed by atoms with Crippen molar-refractivity contribution in [2.24, 2.45) is 17.8 Å². The minimum Gasteiger partial charge on any atom is -0.162 e. The van der Waals surface area contributed by atoms with Crippen molar-refractivity contribution in [3.63, 3.8) is 0 Å². The van der Waals surface area contributed by atoms with Crippen LogP contribution in [0.4, 0.5) is 0 Å². The highest BCUT2D eigenvalue weighted by molar-refractivity contribution is 7.99. The van der Waals surface area contributed by atoms with E-state index in [4.69, 9.17) is 0 Å². The topological polar surface area (TPSA) is 0 Å². The zero-order valence-corrected chi connectivity index (χ0v) is 8.79. The van der Waals surface area contributed by atoms with Crippen molar-refractivity contribution in [3.8, 4) is 0 Å². The van der Waals surface area contributed by atoms with Gasteiger partial charge < -0.3 is 0 Å². The maximum Gasteiger partial charge on any atom is -0.00417 e. The van der Waals surface area contributed by atoms with Crippen molar-refractivity contribution < 1.29 is 0 Å². The van der Waals surface area contributed by atoms with Crippen LogP contribution < -0.4 is 0 Å². The SMILES string of the molecule is CC1CSCCC(C(C)C)C1. The number of hydrogen-bond donors (Lipinski definition) is 0. The smallest absolute Gasteiger partial charge is 0.00417 e. The summed E-state index contributed by atoms with van der Waals surface area (Å²) in [7, 11) is 0. The van der Waals surface area contributed by atoms with E-state index in [1.807, 2.05) is 0 Å². The van der Waals surface area contributed by atoms with Crippen LogP contribution in [-0.2, 0) is 0 Å². The molecular formula is C10H20S. The van der Waals surface area contributed by atoms with Gasteiger partial charge in [0, 0.05) is 0 Å². The fraction of sp³-hybridized carbons (Fsp3) is 1.00. The summed E-state index contributed by atoms with van der Waals surface area (Å²) < 4.78 is 0. The van der Waals surface area contributed by atoms with Crippen LogP contribution in [-0.4, -0.2) is 11.5 Å². The molecule has 2 unspecified atom stereocenters. The minimum atomic E-state index is 0.899. The molecule has 0 radical (unpaired) electrons. The minimum absolute atomic E-state index is 0.899. The summed E-state index contributed by atoms with van der Waals surface area (Å²) in [6, 6.07) is 0. The molecule has 0 bridgehead atoms. The molecule has 1 aliphatic heterocycles. The lowest BCUT2D eigenvalue weighted by molar-refractivity contribution is 0.318. The second-order valence-electron chi connectivity index (χ2n) is 4.21. The quantitative estimate of drug-likeness (QED) is 0.584. The first kappa shape index (κ1) is 9.44. The molecule has 0 N–H and O–H groups in total. The van der Waals surface area contributed by atoms with Gasteiger partial charge in [0.2, 0.25) is 0 Å². The van der Waals surface area contributed by atoms with Crippen LogP contribution in [0.2, 0.25) is 0 Å². The van der Waals surface area contributed by atoms with Crippen LogP contribution >= 0.6 is 11.8 Å². The Kier molecular flexibility index (Phi) is 3.77. The summed E-state index contributed by atoms with van der Waals surface area (Å²) in [6.07, 6.45) is 2.91. The second-order valence-corrected chi connectivity index (χ2v) is 5.36. The van der Waals surface area contributed by atoms with Gasteiger partial charge in [-0.05, 0) is 42.1 Å². The molecule has 0 aliphatic carbocycles. The predicted octanol–water partition coefficient (Wildman–Crippen LogP) is 3.42. The van der Waals surface area contributed by atoms with Crippen LogP contribution in [0.15, 0.2) is 0 Å². The molecule has 11 heavy (non-hydrogen) atoms. The van der Waals surface area contributed by atoms with Gasteiger partial charge in [0.25, 0.3) is 0 Å². The Morgan fingerprint density at radius 2 is 2.09 bits per heavy atom. The standard InChI is InChI=1S/C10H20S/c1-8(2)10-4-5-11-7-9(3)6-10/h8-10H,4-7H2,1-3H3. The van der Waals surface area contributed by atoms with E-state index in [2.05, 4.69) is 32.5 Å². The lowest BCUT2D eigenvalue weighted by Crippen LogP contribution is -2.11. The molecule has 0 aromatic carbocycles. The van der Waals surface area contributed by atoms with E-state index in [1.54, 1.807) is 0 Å². The van der Waals surface area contributed by atoms with E-state index in [1.165, 1.54) is 24.3 Å². The highest BCUT2D eigenvalue weighted by atomic mass is 32.2. The second kappa shape index (κ2) is 4.39. The van der Waals surface area contributed by atoms with Crippen LogP contribution in [0.1, 0.15) is 33.6 Å². The zero-order chi connectivity index (χ0) is 8.27. The molecule has 0 saturated carbocycles. The van der Waals surface area contributed by atoms with Crippen LogP contribution in [0.25, 0.3) is 0 Å². The van der Waals surface area contributed by atoms with E-state index >= 15 is 0 Å². The number of rotatable bonds is 1. The van der Waals surface area contributed by atoms with Crippen molar-refractivity contribution in [1.82, 2.24) is 0 Å². The Balaban J connectivity index is 2.39. The number of thioether (sulfide) groups is 1. The van der Waals surface area contributed by atoms with Gasteiger partial charge in [0.05, 0.1) is 0 Å². The summed E-state index contributed by atoms with van der Waals surface area (Å²) >= 11 is 2.14. The third-order valence-corrected chi connectivity index (χ3v) is 4.01. The first-order valence-electron chi connectivity index (χ1n) is 4.78. The van der Waals surface area contributed by atoms with Gasteiger partial charge >= 0.3 is 0 Å². The van der Waals surface area contributed by atoms with Gasteiger partial charge in [-0.25, -0.2) is 0 Å². The highest BCUT2D eigenvalue weighted by Gasteiger charge is 2.19. The molecule has 1 fully saturated rings. The van der Waals surface area contributed by atoms with Crippen molar-refractivity contribution in [2.45, 2.75) is 33.6 Å². The Morgan fingerprint density at radius 3 is 2.73 bits per heavy atom. The van der Waals surface area contributed by atoms with Crippen molar-refractivity contribution in [2.75, 3.05) is 11.5 Å². The molecule has 0 aromatic heterocycles. The van der Waals surface area contributed by atoms with Gasteiger partial charge in [0.15, 0.2) is 0 Å². The van der Waals surface area contributed by atoms with Gasteiger partial charge in [-0.15, -0.1) is 0 Å². The molecule has 2 atom stereocenters.